The molecule has 0 bridgehead atoms. The molecule has 0 radical (unpaired) electrons. The summed E-state index contributed by atoms with van der Waals surface area (Å²) >= 11 is 3.67. The van der Waals surface area contributed by atoms with Gasteiger partial charge in [-0.1, -0.05) is 13.3 Å². The van der Waals surface area contributed by atoms with E-state index < -0.39 is 5.41 Å². The van der Waals surface area contributed by atoms with Gasteiger partial charge in [0, 0.05) is 4.47 Å². The molecule has 1 heterocycles. The van der Waals surface area contributed by atoms with Crippen molar-refractivity contribution in [2.45, 2.75) is 51.4 Å². The Kier molecular flexibility index (Phi) is 3.69. The first-order valence-electron chi connectivity index (χ1n) is 8.86. The van der Waals surface area contributed by atoms with Crippen LogP contribution in [0.1, 0.15) is 50.7 Å². The predicted molar refractivity (Wildman–Crippen MR) is 101 cm³/mol. The van der Waals surface area contributed by atoms with Crippen LogP contribution in [0.15, 0.2) is 10.5 Å². The first-order chi connectivity index (χ1) is 11.8. The summed E-state index contributed by atoms with van der Waals surface area (Å²) in [4.78, 5) is 20.3. The number of carbonyl (C=O) groups excluding carboxylic acids is 1. The number of fused-ring (bicyclic) bond motifs is 5. The Bertz CT molecular complexity index is 877. The standard InChI is InChI=1S/C19H24BrN3O2/c1-18-7-4-8-19(2,16(24)25-3)13(18)6-5-10-11(18)9-12(20)15-14(10)22-17(21)23-15/h9,13H,4-8H2,1-3H3,(H3,21,22,23)/t13-,18-,19-/m1/s1. The van der Waals surface area contributed by atoms with E-state index in [1.54, 1.807) is 0 Å². The molecule has 1 saturated carbocycles. The average Bonchev–Trinajstić information content (AvgIpc) is 2.97. The molecule has 5 nitrogen and oxygen atoms in total. The molecule has 3 atom stereocenters. The lowest BCUT2D eigenvalue weighted by Crippen LogP contribution is -2.52. The lowest BCUT2D eigenvalue weighted by Gasteiger charge is -2.54. The molecule has 0 aliphatic heterocycles. The van der Waals surface area contributed by atoms with Gasteiger partial charge in [-0.15, -0.1) is 0 Å². The van der Waals surface area contributed by atoms with E-state index in [2.05, 4.69) is 45.8 Å². The SMILES string of the molecule is COC(=O)[C@]1(C)CCC[C@]2(C)c3cc(Br)c4nc(N)[nH]c4c3CC[C@@H]12. The Hall–Kier alpha value is -1.56. The highest BCUT2D eigenvalue weighted by molar-refractivity contribution is 9.10. The molecule has 0 saturated heterocycles. The third-order valence-corrected chi connectivity index (χ3v) is 7.33. The molecule has 2 aliphatic rings. The molecule has 1 aromatic carbocycles. The van der Waals surface area contributed by atoms with Crippen LogP contribution in [0.2, 0.25) is 0 Å². The minimum absolute atomic E-state index is 0.0502. The number of benzene rings is 1. The van der Waals surface area contributed by atoms with Gasteiger partial charge in [0.25, 0.3) is 0 Å². The second kappa shape index (κ2) is 5.47. The maximum Gasteiger partial charge on any atom is 0.311 e. The molecule has 4 rings (SSSR count). The number of methoxy groups -OCH3 is 1. The summed E-state index contributed by atoms with van der Waals surface area (Å²) in [5.41, 5.74) is 9.99. The summed E-state index contributed by atoms with van der Waals surface area (Å²) in [5, 5.41) is 0. The van der Waals surface area contributed by atoms with Crippen molar-refractivity contribution in [3.63, 3.8) is 0 Å². The number of hydrogen-bond donors (Lipinski definition) is 2. The number of aryl methyl sites for hydroxylation is 1. The van der Waals surface area contributed by atoms with Gasteiger partial charge in [0.15, 0.2) is 5.95 Å². The molecule has 25 heavy (non-hydrogen) atoms. The second-order valence-corrected chi connectivity index (χ2v) is 8.86. The summed E-state index contributed by atoms with van der Waals surface area (Å²) in [6.45, 7) is 4.40. The van der Waals surface area contributed by atoms with Crippen molar-refractivity contribution in [3.05, 3.63) is 21.7 Å². The van der Waals surface area contributed by atoms with Crippen molar-refractivity contribution in [2.24, 2.45) is 11.3 Å². The number of nitrogens with one attached hydrogen (secondary N) is 1. The van der Waals surface area contributed by atoms with Crippen molar-refractivity contribution in [1.82, 2.24) is 9.97 Å². The van der Waals surface area contributed by atoms with Gasteiger partial charge in [0.1, 0.15) is 5.52 Å². The van der Waals surface area contributed by atoms with Crippen LogP contribution in [0.5, 0.6) is 0 Å². The van der Waals surface area contributed by atoms with E-state index in [0.29, 0.717) is 5.95 Å². The Balaban J connectivity index is 1.92. The van der Waals surface area contributed by atoms with Crippen LogP contribution in [-0.4, -0.2) is 23.0 Å². The maximum atomic E-state index is 12.6. The molecule has 2 aromatic rings. The highest BCUT2D eigenvalue weighted by Gasteiger charge is 2.56. The van der Waals surface area contributed by atoms with Crippen molar-refractivity contribution in [3.8, 4) is 0 Å². The van der Waals surface area contributed by atoms with Crippen molar-refractivity contribution in [1.29, 1.82) is 0 Å². The average molecular weight is 406 g/mol. The number of aromatic nitrogens is 2. The zero-order valence-corrected chi connectivity index (χ0v) is 16.5. The highest BCUT2D eigenvalue weighted by atomic mass is 79.9. The number of aromatic amines is 1. The molecule has 1 aromatic heterocycles. The normalized spacial score (nSPS) is 31.4. The molecule has 6 heteroatoms. The minimum atomic E-state index is -0.423. The van der Waals surface area contributed by atoms with Gasteiger partial charge in [0.2, 0.25) is 0 Å². The zero-order valence-electron chi connectivity index (χ0n) is 14.9. The first kappa shape index (κ1) is 16.9. The van der Waals surface area contributed by atoms with Crippen molar-refractivity contribution >= 4 is 38.9 Å². The molecule has 0 spiro atoms. The Morgan fingerprint density at radius 3 is 2.92 bits per heavy atom. The van der Waals surface area contributed by atoms with E-state index in [4.69, 9.17) is 10.5 Å². The van der Waals surface area contributed by atoms with E-state index >= 15 is 0 Å². The number of halogens is 1. The monoisotopic (exact) mass is 405 g/mol. The quantitative estimate of drug-likeness (QED) is 0.699. The predicted octanol–water partition coefficient (Wildman–Crippen LogP) is 4.09. The minimum Gasteiger partial charge on any atom is -0.469 e. The number of imidazole rings is 1. The van der Waals surface area contributed by atoms with Gasteiger partial charge in [-0.3, -0.25) is 4.79 Å². The third kappa shape index (κ3) is 2.19. The fourth-order valence-electron chi connectivity index (χ4n) is 5.57. The number of nitrogens with zero attached hydrogens (tertiary/aromatic N) is 1. The highest BCUT2D eigenvalue weighted by Crippen LogP contribution is 2.58. The number of ether oxygens (including phenoxy) is 1. The Morgan fingerprint density at radius 1 is 1.44 bits per heavy atom. The first-order valence-corrected chi connectivity index (χ1v) is 9.66. The lowest BCUT2D eigenvalue weighted by atomic mass is 9.50. The van der Waals surface area contributed by atoms with Crippen molar-refractivity contribution < 1.29 is 9.53 Å². The molecule has 0 unspecified atom stereocenters. The molecule has 0 amide bonds. The fraction of sp³-hybridized carbons (Fsp3) is 0.579. The van der Waals surface area contributed by atoms with Crippen LogP contribution in [0, 0.1) is 11.3 Å². The molecular formula is C19H24BrN3O2. The number of hydrogen-bond acceptors (Lipinski definition) is 4. The number of anilines is 1. The molecular weight excluding hydrogens is 382 g/mol. The van der Waals surface area contributed by atoms with Gasteiger partial charge in [-0.25, -0.2) is 4.98 Å². The molecule has 1 fully saturated rings. The van der Waals surface area contributed by atoms with Crippen LogP contribution in [0.25, 0.3) is 11.0 Å². The van der Waals surface area contributed by atoms with Gasteiger partial charge in [-0.2, -0.15) is 0 Å². The smallest absolute Gasteiger partial charge is 0.311 e. The van der Waals surface area contributed by atoms with Gasteiger partial charge in [-0.05, 0) is 77.1 Å². The van der Waals surface area contributed by atoms with Crippen LogP contribution >= 0.6 is 15.9 Å². The number of nitrogen functional groups attached to an aromatic ring is 1. The molecule has 3 N–H and O–H groups in total. The van der Waals surface area contributed by atoms with Gasteiger partial charge in [0.05, 0.1) is 18.0 Å². The lowest BCUT2D eigenvalue weighted by molar-refractivity contribution is -0.161. The van der Waals surface area contributed by atoms with E-state index in [1.165, 1.54) is 18.2 Å². The molecule has 134 valence electrons. The number of H-pyrrole nitrogens is 1. The summed E-state index contributed by atoms with van der Waals surface area (Å²) in [6, 6.07) is 2.20. The van der Waals surface area contributed by atoms with Crippen LogP contribution in [0.3, 0.4) is 0 Å². The molecule has 2 aliphatic carbocycles. The van der Waals surface area contributed by atoms with Crippen LogP contribution < -0.4 is 5.73 Å². The van der Waals surface area contributed by atoms with Gasteiger partial charge < -0.3 is 15.5 Å². The van der Waals surface area contributed by atoms with Crippen LogP contribution in [0.4, 0.5) is 5.95 Å². The summed E-state index contributed by atoms with van der Waals surface area (Å²) < 4.78 is 6.15. The Labute approximate surface area is 155 Å². The topological polar surface area (TPSA) is 81.0 Å². The van der Waals surface area contributed by atoms with E-state index in [-0.39, 0.29) is 17.3 Å². The van der Waals surface area contributed by atoms with E-state index in [1.807, 2.05) is 0 Å². The summed E-state index contributed by atoms with van der Waals surface area (Å²) in [5.74, 6) is 0.649. The van der Waals surface area contributed by atoms with E-state index in [9.17, 15) is 4.79 Å². The van der Waals surface area contributed by atoms with Gasteiger partial charge >= 0.3 is 5.97 Å². The van der Waals surface area contributed by atoms with Crippen molar-refractivity contribution in [2.75, 3.05) is 12.8 Å². The maximum absolute atomic E-state index is 12.6. The zero-order chi connectivity index (χ0) is 18.0. The third-order valence-electron chi connectivity index (χ3n) is 6.73. The second-order valence-electron chi connectivity index (χ2n) is 8.00. The van der Waals surface area contributed by atoms with E-state index in [0.717, 1.165) is 47.6 Å². The largest absolute Gasteiger partial charge is 0.469 e. The van der Waals surface area contributed by atoms with Crippen LogP contribution in [-0.2, 0) is 21.4 Å². The number of carbonyl (C=O) groups is 1. The number of nitrogens with two attached hydrogens (primary N) is 1. The summed E-state index contributed by atoms with van der Waals surface area (Å²) in [6.07, 6.45) is 4.91. The number of esters is 1. The number of rotatable bonds is 1. The summed E-state index contributed by atoms with van der Waals surface area (Å²) in [7, 11) is 1.50. The Morgan fingerprint density at radius 2 is 2.20 bits per heavy atom. The fourth-order valence-corrected chi connectivity index (χ4v) is 6.08.